The van der Waals surface area contributed by atoms with Crippen LogP contribution in [0.25, 0.3) is 10.8 Å². The zero-order valence-corrected chi connectivity index (χ0v) is 13.8. The van der Waals surface area contributed by atoms with E-state index in [0.717, 1.165) is 22.9 Å². The zero-order valence-electron chi connectivity index (χ0n) is 13.8. The number of carbonyl (C=O) groups excluding carboxylic acids is 1. The van der Waals surface area contributed by atoms with Crippen LogP contribution in [0, 0.1) is 0 Å². The minimum absolute atomic E-state index is 0.0533. The highest BCUT2D eigenvalue weighted by Crippen LogP contribution is 2.18. The third kappa shape index (κ3) is 3.33. The number of ketones is 1. The Bertz CT molecular complexity index is 1020. The summed E-state index contributed by atoms with van der Waals surface area (Å²) in [5.41, 5.74) is 2.67. The third-order valence-corrected chi connectivity index (χ3v) is 4.37. The van der Waals surface area contributed by atoms with Crippen LogP contribution in [0.2, 0.25) is 0 Å². The molecule has 0 aliphatic carbocycles. The molecule has 0 saturated carbocycles. The largest absolute Gasteiger partial charge is 0.289 e. The molecule has 25 heavy (non-hydrogen) atoms. The quantitative estimate of drug-likeness (QED) is 0.402. The smallest absolute Gasteiger partial charge is 0.193 e. The van der Waals surface area contributed by atoms with Gasteiger partial charge in [-0.15, -0.1) is 0 Å². The lowest BCUT2D eigenvalue weighted by Crippen LogP contribution is -2.33. The molecule has 0 aliphatic rings. The zero-order chi connectivity index (χ0) is 17.1. The third-order valence-electron chi connectivity index (χ3n) is 4.37. The van der Waals surface area contributed by atoms with Gasteiger partial charge in [0, 0.05) is 28.8 Å². The monoisotopic (exact) mass is 324 g/mol. The Morgan fingerprint density at radius 2 is 1.36 bits per heavy atom. The number of aromatic nitrogens is 1. The average molecular weight is 324 g/mol. The first-order valence-corrected chi connectivity index (χ1v) is 8.36. The standard InChI is InChI=1S/C23H18NO/c25-23(22-11-10-19-8-4-5-9-21(19)16-22)20-12-14-24(15-13-20)17-18-6-2-1-3-7-18/h1-16H,17H2/q+1. The summed E-state index contributed by atoms with van der Waals surface area (Å²) in [5.74, 6) is 0.0533. The van der Waals surface area contributed by atoms with Crippen molar-refractivity contribution in [3.8, 4) is 0 Å². The number of benzene rings is 3. The van der Waals surface area contributed by atoms with E-state index in [-0.39, 0.29) is 5.78 Å². The molecule has 1 heterocycles. The molecule has 0 atom stereocenters. The lowest BCUT2D eigenvalue weighted by molar-refractivity contribution is -0.688. The highest BCUT2D eigenvalue weighted by Gasteiger charge is 2.12. The second-order valence-corrected chi connectivity index (χ2v) is 6.14. The van der Waals surface area contributed by atoms with Crippen molar-refractivity contribution < 1.29 is 9.36 Å². The van der Waals surface area contributed by atoms with Crippen LogP contribution in [-0.2, 0) is 6.54 Å². The molecule has 4 rings (SSSR count). The summed E-state index contributed by atoms with van der Waals surface area (Å²) >= 11 is 0. The van der Waals surface area contributed by atoms with E-state index in [1.165, 1.54) is 5.56 Å². The Balaban J connectivity index is 1.57. The number of hydrogen-bond donors (Lipinski definition) is 0. The van der Waals surface area contributed by atoms with Crippen molar-refractivity contribution in [2.75, 3.05) is 0 Å². The van der Waals surface area contributed by atoms with Crippen molar-refractivity contribution in [2.45, 2.75) is 6.54 Å². The van der Waals surface area contributed by atoms with Crippen LogP contribution >= 0.6 is 0 Å². The van der Waals surface area contributed by atoms with Gasteiger partial charge in [0.2, 0.25) is 0 Å². The molecule has 2 heteroatoms. The second-order valence-electron chi connectivity index (χ2n) is 6.14. The van der Waals surface area contributed by atoms with Crippen molar-refractivity contribution in [3.63, 3.8) is 0 Å². The van der Waals surface area contributed by atoms with E-state index in [2.05, 4.69) is 22.8 Å². The maximum Gasteiger partial charge on any atom is 0.193 e. The van der Waals surface area contributed by atoms with Crippen LogP contribution < -0.4 is 4.57 Å². The lowest BCUT2D eigenvalue weighted by Gasteiger charge is -2.04. The van der Waals surface area contributed by atoms with Gasteiger partial charge in [0.05, 0.1) is 0 Å². The van der Waals surface area contributed by atoms with Crippen LogP contribution in [-0.4, -0.2) is 5.78 Å². The molecule has 2 nitrogen and oxygen atoms in total. The fourth-order valence-corrected chi connectivity index (χ4v) is 3.01. The molecule has 0 bridgehead atoms. The molecule has 0 fully saturated rings. The van der Waals surface area contributed by atoms with Crippen LogP contribution in [0.1, 0.15) is 21.5 Å². The summed E-state index contributed by atoms with van der Waals surface area (Å²) in [6, 6.07) is 28.0. The SMILES string of the molecule is O=C(c1cc[n+](Cc2ccccc2)cc1)c1ccc2ccccc2c1. The van der Waals surface area contributed by atoms with Crippen LogP contribution in [0.3, 0.4) is 0 Å². The number of carbonyl (C=O) groups is 1. The Kier molecular flexibility index (Phi) is 4.09. The molecule has 0 radical (unpaired) electrons. The maximum absolute atomic E-state index is 12.8. The minimum Gasteiger partial charge on any atom is -0.289 e. The Labute approximate surface area is 147 Å². The second kappa shape index (κ2) is 6.70. The first kappa shape index (κ1) is 15.3. The summed E-state index contributed by atoms with van der Waals surface area (Å²) < 4.78 is 2.08. The Morgan fingerprint density at radius 1 is 0.680 bits per heavy atom. The predicted molar refractivity (Wildman–Crippen MR) is 99.6 cm³/mol. The van der Waals surface area contributed by atoms with Gasteiger partial charge in [0.15, 0.2) is 24.7 Å². The van der Waals surface area contributed by atoms with Crippen molar-refractivity contribution in [3.05, 3.63) is 114 Å². The summed E-state index contributed by atoms with van der Waals surface area (Å²) in [6.45, 7) is 0.797. The van der Waals surface area contributed by atoms with Gasteiger partial charge >= 0.3 is 0 Å². The first-order chi connectivity index (χ1) is 12.3. The molecule has 0 aliphatic heterocycles. The van der Waals surface area contributed by atoms with E-state index in [1.807, 2.05) is 79.1 Å². The van der Waals surface area contributed by atoms with Gasteiger partial charge in [0.1, 0.15) is 0 Å². The molecule has 3 aromatic carbocycles. The molecule has 120 valence electrons. The molecular formula is C23H18NO+. The molecule has 0 unspecified atom stereocenters. The lowest BCUT2D eigenvalue weighted by atomic mass is 10.0. The summed E-state index contributed by atoms with van der Waals surface area (Å²) in [7, 11) is 0. The van der Waals surface area contributed by atoms with Gasteiger partial charge in [-0.1, -0.05) is 66.7 Å². The van der Waals surface area contributed by atoms with E-state index in [4.69, 9.17) is 0 Å². The number of pyridine rings is 1. The van der Waals surface area contributed by atoms with Crippen LogP contribution in [0.15, 0.2) is 97.3 Å². The normalized spacial score (nSPS) is 10.7. The molecule has 1 aromatic heterocycles. The molecule has 0 spiro atoms. The fourth-order valence-electron chi connectivity index (χ4n) is 3.01. The Morgan fingerprint density at radius 3 is 2.12 bits per heavy atom. The van der Waals surface area contributed by atoms with E-state index in [0.29, 0.717) is 5.56 Å². The van der Waals surface area contributed by atoms with Gasteiger partial charge in [-0.05, 0) is 16.8 Å². The number of rotatable bonds is 4. The van der Waals surface area contributed by atoms with Crippen molar-refractivity contribution >= 4 is 16.6 Å². The topological polar surface area (TPSA) is 20.9 Å². The summed E-state index contributed by atoms with van der Waals surface area (Å²) in [4.78, 5) is 12.8. The van der Waals surface area contributed by atoms with Crippen molar-refractivity contribution in [1.82, 2.24) is 0 Å². The van der Waals surface area contributed by atoms with Gasteiger partial charge in [-0.3, -0.25) is 4.79 Å². The fraction of sp³-hybridized carbons (Fsp3) is 0.0435. The van der Waals surface area contributed by atoms with Crippen molar-refractivity contribution in [1.29, 1.82) is 0 Å². The van der Waals surface area contributed by atoms with E-state index >= 15 is 0 Å². The summed E-state index contributed by atoms with van der Waals surface area (Å²) in [5, 5.41) is 2.23. The summed E-state index contributed by atoms with van der Waals surface area (Å²) in [6.07, 6.45) is 3.92. The Hall–Kier alpha value is -3.26. The van der Waals surface area contributed by atoms with E-state index in [9.17, 15) is 4.79 Å². The van der Waals surface area contributed by atoms with Gasteiger partial charge in [-0.25, -0.2) is 4.57 Å². The van der Waals surface area contributed by atoms with Gasteiger partial charge in [-0.2, -0.15) is 0 Å². The number of hydrogen-bond acceptors (Lipinski definition) is 1. The van der Waals surface area contributed by atoms with E-state index in [1.54, 1.807) is 0 Å². The van der Waals surface area contributed by atoms with Gasteiger partial charge in [0.25, 0.3) is 0 Å². The predicted octanol–water partition coefficient (Wildman–Crippen LogP) is 4.41. The highest BCUT2D eigenvalue weighted by atomic mass is 16.1. The maximum atomic E-state index is 12.8. The number of nitrogens with zero attached hydrogens (tertiary/aromatic N) is 1. The van der Waals surface area contributed by atoms with Crippen LogP contribution in [0.5, 0.6) is 0 Å². The first-order valence-electron chi connectivity index (χ1n) is 8.36. The molecule has 4 aromatic rings. The van der Waals surface area contributed by atoms with Gasteiger partial charge < -0.3 is 0 Å². The molecule has 0 saturated heterocycles. The molecule has 0 N–H and O–H groups in total. The minimum atomic E-state index is 0.0533. The van der Waals surface area contributed by atoms with E-state index < -0.39 is 0 Å². The average Bonchev–Trinajstić information content (AvgIpc) is 2.68. The molecular weight excluding hydrogens is 306 g/mol. The molecule has 0 amide bonds. The van der Waals surface area contributed by atoms with Crippen LogP contribution in [0.4, 0.5) is 0 Å². The highest BCUT2D eigenvalue weighted by molar-refractivity contribution is 6.10. The number of fused-ring (bicyclic) bond motifs is 1. The van der Waals surface area contributed by atoms with Crippen molar-refractivity contribution in [2.24, 2.45) is 0 Å².